The number of carbonyl (C=O) groups is 2. The summed E-state index contributed by atoms with van der Waals surface area (Å²) in [6.07, 6.45) is -4.18. The summed E-state index contributed by atoms with van der Waals surface area (Å²) in [5.41, 5.74) is 0.235. The van der Waals surface area contributed by atoms with Gasteiger partial charge in [-0.15, -0.1) is 0 Å². The van der Waals surface area contributed by atoms with E-state index < -0.39 is 23.8 Å². The fourth-order valence-electron chi connectivity index (χ4n) is 2.58. The van der Waals surface area contributed by atoms with Crippen LogP contribution in [0.4, 0.5) is 13.2 Å². The van der Waals surface area contributed by atoms with Crippen LogP contribution in [-0.2, 0) is 17.4 Å². The van der Waals surface area contributed by atoms with Crippen molar-refractivity contribution in [3.63, 3.8) is 0 Å². The Morgan fingerprint density at radius 3 is 2.46 bits per heavy atom. The summed E-state index contributed by atoms with van der Waals surface area (Å²) in [5, 5.41) is 11.8. The molecule has 2 N–H and O–H groups in total. The predicted octanol–water partition coefficient (Wildman–Crippen LogP) is 4.21. The highest BCUT2D eigenvalue weighted by atomic mass is 19.4. The first-order chi connectivity index (χ1) is 12.2. The van der Waals surface area contributed by atoms with Crippen molar-refractivity contribution in [2.75, 3.05) is 0 Å². The van der Waals surface area contributed by atoms with Gasteiger partial charge in [0.25, 0.3) is 0 Å². The van der Waals surface area contributed by atoms with E-state index in [9.17, 15) is 22.8 Å². The van der Waals surface area contributed by atoms with E-state index >= 15 is 0 Å². The first kappa shape index (κ1) is 19.5. The number of nitrogens with one attached hydrogen (secondary N) is 1. The summed E-state index contributed by atoms with van der Waals surface area (Å²) < 4.78 is 38.3. The van der Waals surface area contributed by atoms with Crippen LogP contribution in [0.3, 0.4) is 0 Å². The molecule has 2 aromatic carbocycles. The zero-order chi connectivity index (χ0) is 19.3. The monoisotopic (exact) mass is 365 g/mol. The molecule has 0 bridgehead atoms. The van der Waals surface area contributed by atoms with Crippen LogP contribution in [0.15, 0.2) is 48.5 Å². The van der Waals surface area contributed by atoms with Gasteiger partial charge < -0.3 is 10.4 Å². The van der Waals surface area contributed by atoms with E-state index in [4.69, 9.17) is 5.11 Å². The maximum atomic E-state index is 12.8. The van der Waals surface area contributed by atoms with Crippen molar-refractivity contribution in [2.24, 2.45) is 0 Å². The predicted molar refractivity (Wildman–Crippen MR) is 89.7 cm³/mol. The Balaban J connectivity index is 1.99. The number of aryl methyl sites for hydroxylation is 1. The van der Waals surface area contributed by atoms with Crippen LogP contribution in [-0.4, -0.2) is 17.0 Å². The summed E-state index contributed by atoms with van der Waals surface area (Å²) in [6.45, 7) is 1.60. The Kier molecular flexibility index (Phi) is 6.02. The van der Waals surface area contributed by atoms with Gasteiger partial charge in [0.15, 0.2) is 0 Å². The smallest absolute Gasteiger partial charge is 0.416 e. The molecule has 0 aromatic heterocycles. The van der Waals surface area contributed by atoms with Gasteiger partial charge in [-0.2, -0.15) is 13.2 Å². The number of halogens is 3. The third-order valence-corrected chi connectivity index (χ3v) is 3.96. The molecule has 0 fully saturated rings. The fourth-order valence-corrected chi connectivity index (χ4v) is 2.58. The molecule has 138 valence electrons. The fraction of sp³-hybridized carbons (Fsp3) is 0.263. The minimum absolute atomic E-state index is 0.0353. The molecule has 0 heterocycles. The van der Waals surface area contributed by atoms with Crippen molar-refractivity contribution in [1.82, 2.24) is 5.32 Å². The molecule has 26 heavy (non-hydrogen) atoms. The van der Waals surface area contributed by atoms with E-state index in [0.717, 1.165) is 12.1 Å². The second-order valence-electron chi connectivity index (χ2n) is 5.87. The lowest BCUT2D eigenvalue weighted by Gasteiger charge is -2.16. The van der Waals surface area contributed by atoms with Crippen LogP contribution in [0.5, 0.6) is 0 Å². The molecule has 0 saturated heterocycles. The molecule has 0 aliphatic heterocycles. The molecular formula is C19H18F3NO3. The zero-order valence-corrected chi connectivity index (χ0v) is 14.0. The number of carbonyl (C=O) groups excluding carboxylic acids is 1. The van der Waals surface area contributed by atoms with Crippen LogP contribution in [0.1, 0.15) is 46.4 Å². The number of benzene rings is 2. The second-order valence-corrected chi connectivity index (χ2v) is 5.87. The lowest BCUT2D eigenvalue weighted by Crippen LogP contribution is -2.27. The van der Waals surface area contributed by atoms with Gasteiger partial charge in [0.05, 0.1) is 17.2 Å². The van der Waals surface area contributed by atoms with Crippen molar-refractivity contribution < 1.29 is 27.9 Å². The number of carboxylic acids is 1. The molecule has 0 aliphatic carbocycles. The quantitative estimate of drug-likeness (QED) is 0.806. The highest BCUT2D eigenvalue weighted by Gasteiger charge is 2.30. The summed E-state index contributed by atoms with van der Waals surface area (Å²) >= 11 is 0. The van der Waals surface area contributed by atoms with E-state index in [2.05, 4.69) is 5.32 Å². The van der Waals surface area contributed by atoms with E-state index in [-0.39, 0.29) is 24.3 Å². The third kappa shape index (κ3) is 5.08. The van der Waals surface area contributed by atoms with Gasteiger partial charge in [0.2, 0.25) is 5.91 Å². The number of aromatic carboxylic acids is 1. The van der Waals surface area contributed by atoms with Crippen molar-refractivity contribution in [1.29, 1.82) is 0 Å². The topological polar surface area (TPSA) is 66.4 Å². The molecule has 0 spiro atoms. The van der Waals surface area contributed by atoms with Gasteiger partial charge >= 0.3 is 12.1 Å². The molecule has 1 unspecified atom stereocenters. The minimum Gasteiger partial charge on any atom is -0.478 e. The highest BCUT2D eigenvalue weighted by molar-refractivity contribution is 5.89. The number of alkyl halides is 3. The third-order valence-electron chi connectivity index (χ3n) is 3.96. The standard InChI is InChI=1S/C19H18F3NO3/c1-12(14-6-4-7-15(11-14)19(20,21)22)23-17(24)10-9-13-5-2-3-8-16(13)18(25)26/h2-8,11-12H,9-10H2,1H3,(H,23,24)(H,25,26). The molecule has 7 heteroatoms. The van der Waals surface area contributed by atoms with Crippen LogP contribution >= 0.6 is 0 Å². The molecule has 0 radical (unpaired) electrons. The van der Waals surface area contributed by atoms with E-state index in [1.165, 1.54) is 18.2 Å². The Labute approximate surface area is 148 Å². The van der Waals surface area contributed by atoms with Crippen LogP contribution < -0.4 is 5.32 Å². The highest BCUT2D eigenvalue weighted by Crippen LogP contribution is 2.30. The normalized spacial score (nSPS) is 12.5. The van der Waals surface area contributed by atoms with E-state index in [0.29, 0.717) is 11.1 Å². The van der Waals surface area contributed by atoms with Crippen LogP contribution in [0.2, 0.25) is 0 Å². The molecule has 0 saturated carbocycles. The average molecular weight is 365 g/mol. The summed E-state index contributed by atoms with van der Waals surface area (Å²) in [7, 11) is 0. The van der Waals surface area contributed by atoms with Gasteiger partial charge in [-0.3, -0.25) is 4.79 Å². The van der Waals surface area contributed by atoms with Crippen molar-refractivity contribution in [2.45, 2.75) is 32.0 Å². The van der Waals surface area contributed by atoms with E-state index in [1.54, 1.807) is 25.1 Å². The number of hydrogen-bond donors (Lipinski definition) is 2. The van der Waals surface area contributed by atoms with Gasteiger partial charge in [0, 0.05) is 6.42 Å². The summed E-state index contributed by atoms with van der Waals surface area (Å²) in [4.78, 5) is 23.2. The van der Waals surface area contributed by atoms with Crippen molar-refractivity contribution in [3.05, 3.63) is 70.8 Å². The van der Waals surface area contributed by atoms with Crippen molar-refractivity contribution >= 4 is 11.9 Å². The lowest BCUT2D eigenvalue weighted by molar-refractivity contribution is -0.137. The zero-order valence-electron chi connectivity index (χ0n) is 14.0. The molecule has 0 aliphatic rings. The lowest BCUT2D eigenvalue weighted by atomic mass is 10.0. The number of amides is 1. The molecule has 2 aromatic rings. The van der Waals surface area contributed by atoms with Gasteiger partial charge in [-0.25, -0.2) is 4.79 Å². The number of hydrogen-bond acceptors (Lipinski definition) is 2. The minimum atomic E-state index is -4.44. The average Bonchev–Trinajstić information content (AvgIpc) is 2.59. The number of rotatable bonds is 6. The summed E-state index contributed by atoms with van der Waals surface area (Å²) in [6, 6.07) is 10.6. The SMILES string of the molecule is CC(NC(=O)CCc1ccccc1C(=O)O)c1cccc(C(F)(F)F)c1. The van der Waals surface area contributed by atoms with E-state index in [1.807, 2.05) is 0 Å². The molecule has 4 nitrogen and oxygen atoms in total. The molecule has 1 amide bonds. The maximum Gasteiger partial charge on any atom is 0.416 e. The Bertz CT molecular complexity index is 803. The molecule has 1 atom stereocenters. The maximum absolute atomic E-state index is 12.8. The Morgan fingerprint density at radius 1 is 1.12 bits per heavy atom. The van der Waals surface area contributed by atoms with Crippen LogP contribution in [0, 0.1) is 0 Å². The van der Waals surface area contributed by atoms with Gasteiger partial charge in [0.1, 0.15) is 0 Å². The molecule has 2 rings (SSSR count). The Hall–Kier alpha value is -2.83. The first-order valence-electron chi connectivity index (χ1n) is 7.96. The van der Waals surface area contributed by atoms with Crippen molar-refractivity contribution in [3.8, 4) is 0 Å². The largest absolute Gasteiger partial charge is 0.478 e. The Morgan fingerprint density at radius 2 is 1.81 bits per heavy atom. The summed E-state index contributed by atoms with van der Waals surface area (Å²) in [5.74, 6) is -1.44. The first-order valence-corrected chi connectivity index (χ1v) is 7.96. The second kappa shape index (κ2) is 8.03. The number of carboxylic acid groups (broad SMARTS) is 1. The van der Waals surface area contributed by atoms with Crippen LogP contribution in [0.25, 0.3) is 0 Å². The molecular weight excluding hydrogens is 347 g/mol. The van der Waals surface area contributed by atoms with Gasteiger partial charge in [-0.1, -0.05) is 30.3 Å². The van der Waals surface area contributed by atoms with Gasteiger partial charge in [-0.05, 0) is 42.7 Å².